The van der Waals surface area contributed by atoms with Crippen LogP contribution in [-0.4, -0.2) is 38.0 Å². The molecule has 0 radical (unpaired) electrons. The Morgan fingerprint density at radius 2 is 2.00 bits per heavy atom. The average Bonchev–Trinajstić information content (AvgIpc) is 2.42. The summed E-state index contributed by atoms with van der Waals surface area (Å²) in [4.78, 5) is 0. The summed E-state index contributed by atoms with van der Waals surface area (Å²) >= 11 is 0. The van der Waals surface area contributed by atoms with Crippen LogP contribution < -0.4 is 5.32 Å². The van der Waals surface area contributed by atoms with E-state index in [9.17, 15) is 0 Å². The molecule has 1 fully saturated rings. The smallest absolute Gasteiger partial charge is 0.0677 e. The van der Waals surface area contributed by atoms with Gasteiger partial charge in [0.15, 0.2) is 0 Å². The van der Waals surface area contributed by atoms with Gasteiger partial charge in [0, 0.05) is 25.7 Å². The van der Waals surface area contributed by atoms with Crippen LogP contribution in [0.1, 0.15) is 47.0 Å². The van der Waals surface area contributed by atoms with E-state index in [1.165, 1.54) is 0 Å². The van der Waals surface area contributed by atoms with E-state index in [-0.39, 0.29) is 11.2 Å². The van der Waals surface area contributed by atoms with Gasteiger partial charge in [-0.3, -0.25) is 0 Å². The Hall–Kier alpha value is -0.120. The zero-order valence-corrected chi connectivity index (χ0v) is 12.3. The molecule has 3 nitrogen and oxygen atoms in total. The van der Waals surface area contributed by atoms with E-state index < -0.39 is 0 Å². The second-order valence-electron chi connectivity index (χ2n) is 6.31. The zero-order chi connectivity index (χ0) is 13.1. The molecule has 0 amide bonds. The summed E-state index contributed by atoms with van der Waals surface area (Å²) in [6.07, 6.45) is 3.38. The lowest BCUT2D eigenvalue weighted by Gasteiger charge is -2.33. The lowest BCUT2D eigenvalue weighted by molar-refractivity contribution is -0.0778. The summed E-state index contributed by atoms with van der Waals surface area (Å²) < 4.78 is 11.3. The predicted octanol–water partition coefficient (Wildman–Crippen LogP) is 2.59. The van der Waals surface area contributed by atoms with Gasteiger partial charge in [-0.25, -0.2) is 0 Å². The highest BCUT2D eigenvalue weighted by atomic mass is 16.5. The quantitative estimate of drug-likeness (QED) is 0.727. The van der Waals surface area contributed by atoms with Crippen molar-refractivity contribution in [2.45, 2.75) is 64.2 Å². The van der Waals surface area contributed by atoms with Crippen molar-refractivity contribution in [1.29, 1.82) is 0 Å². The Morgan fingerprint density at radius 3 is 2.41 bits per heavy atom. The van der Waals surface area contributed by atoms with Gasteiger partial charge < -0.3 is 14.8 Å². The molecule has 0 spiro atoms. The first-order chi connectivity index (χ1) is 7.82. The van der Waals surface area contributed by atoms with Crippen molar-refractivity contribution in [3.8, 4) is 0 Å². The Balaban J connectivity index is 2.62. The third-order valence-corrected chi connectivity index (χ3v) is 3.86. The van der Waals surface area contributed by atoms with E-state index in [1.807, 2.05) is 0 Å². The monoisotopic (exact) mass is 243 g/mol. The topological polar surface area (TPSA) is 30.5 Å². The van der Waals surface area contributed by atoms with Crippen LogP contribution in [0, 0.1) is 5.92 Å². The molecule has 1 N–H and O–H groups in total. The highest BCUT2D eigenvalue weighted by Gasteiger charge is 2.48. The molecule has 1 aliphatic heterocycles. The molecule has 0 aliphatic carbocycles. The van der Waals surface area contributed by atoms with Crippen LogP contribution in [0.25, 0.3) is 0 Å². The highest BCUT2D eigenvalue weighted by Crippen LogP contribution is 2.44. The second-order valence-corrected chi connectivity index (χ2v) is 6.31. The van der Waals surface area contributed by atoms with E-state index in [1.54, 1.807) is 7.11 Å². The molecular formula is C14H29NO2. The van der Waals surface area contributed by atoms with Crippen molar-refractivity contribution >= 4 is 0 Å². The number of ether oxygens (including phenoxy) is 2. The molecule has 0 aromatic rings. The number of hydrogen-bond acceptors (Lipinski definition) is 3. The van der Waals surface area contributed by atoms with Crippen molar-refractivity contribution in [3.05, 3.63) is 0 Å². The van der Waals surface area contributed by atoms with Crippen LogP contribution in [0.4, 0.5) is 0 Å². The van der Waals surface area contributed by atoms with Gasteiger partial charge in [-0.2, -0.15) is 0 Å². The van der Waals surface area contributed by atoms with Crippen LogP contribution in [-0.2, 0) is 9.47 Å². The third kappa shape index (κ3) is 3.94. The fourth-order valence-electron chi connectivity index (χ4n) is 3.23. The third-order valence-electron chi connectivity index (χ3n) is 3.86. The Labute approximate surface area is 106 Å². The van der Waals surface area contributed by atoms with E-state index >= 15 is 0 Å². The van der Waals surface area contributed by atoms with Crippen LogP contribution in [0.15, 0.2) is 0 Å². The van der Waals surface area contributed by atoms with Gasteiger partial charge in [-0.15, -0.1) is 0 Å². The molecule has 2 atom stereocenters. The minimum absolute atomic E-state index is 0.00449. The highest BCUT2D eigenvalue weighted by molar-refractivity contribution is 4.99. The summed E-state index contributed by atoms with van der Waals surface area (Å²) in [5.74, 6) is 0.569. The summed E-state index contributed by atoms with van der Waals surface area (Å²) in [5, 5.41) is 3.46. The normalized spacial score (nSPS) is 28.2. The van der Waals surface area contributed by atoms with Gasteiger partial charge >= 0.3 is 0 Å². The first-order valence-electron chi connectivity index (χ1n) is 6.69. The Bertz CT molecular complexity index is 238. The van der Waals surface area contributed by atoms with E-state index in [2.05, 4.69) is 40.1 Å². The van der Waals surface area contributed by atoms with Crippen LogP contribution >= 0.6 is 0 Å². The Morgan fingerprint density at radius 1 is 1.35 bits per heavy atom. The van der Waals surface area contributed by atoms with Crippen LogP contribution in [0.3, 0.4) is 0 Å². The maximum Gasteiger partial charge on any atom is 0.0677 e. The minimum atomic E-state index is -0.0375. The lowest BCUT2D eigenvalue weighted by Crippen LogP contribution is -2.43. The van der Waals surface area contributed by atoms with Gasteiger partial charge in [0.2, 0.25) is 0 Å². The van der Waals surface area contributed by atoms with Crippen molar-refractivity contribution in [2.24, 2.45) is 5.92 Å². The lowest BCUT2D eigenvalue weighted by atomic mass is 9.80. The maximum atomic E-state index is 6.17. The molecule has 0 aromatic carbocycles. The number of hydrogen-bond donors (Lipinski definition) is 1. The summed E-state index contributed by atoms with van der Waals surface area (Å²) in [6.45, 7) is 9.66. The fraction of sp³-hybridized carbons (Fsp3) is 1.00. The predicted molar refractivity (Wildman–Crippen MR) is 71.3 cm³/mol. The summed E-state index contributed by atoms with van der Waals surface area (Å²) in [7, 11) is 3.82. The summed E-state index contributed by atoms with van der Waals surface area (Å²) in [5.41, 5.74) is -0.0330. The first kappa shape index (κ1) is 14.9. The van der Waals surface area contributed by atoms with Crippen molar-refractivity contribution < 1.29 is 9.47 Å². The average molecular weight is 243 g/mol. The SMILES string of the molecule is CNC(CCCOC)C1CC(C)(C)OC1(C)C. The van der Waals surface area contributed by atoms with E-state index in [0.29, 0.717) is 12.0 Å². The van der Waals surface area contributed by atoms with Gasteiger partial charge in [0.05, 0.1) is 11.2 Å². The molecule has 1 rings (SSSR count). The molecule has 1 heterocycles. The molecular weight excluding hydrogens is 214 g/mol. The standard InChI is InChI=1S/C14H29NO2/c1-13(2)10-11(14(3,4)17-13)12(15-5)8-7-9-16-6/h11-12,15H,7-10H2,1-6H3. The van der Waals surface area contributed by atoms with Gasteiger partial charge in [0.1, 0.15) is 0 Å². The van der Waals surface area contributed by atoms with Crippen molar-refractivity contribution in [1.82, 2.24) is 5.32 Å². The molecule has 3 heteroatoms. The largest absolute Gasteiger partial charge is 0.385 e. The van der Waals surface area contributed by atoms with E-state index in [4.69, 9.17) is 9.47 Å². The fourth-order valence-corrected chi connectivity index (χ4v) is 3.23. The van der Waals surface area contributed by atoms with Gasteiger partial charge in [0.25, 0.3) is 0 Å². The van der Waals surface area contributed by atoms with Crippen LogP contribution in [0.5, 0.6) is 0 Å². The number of nitrogens with one attached hydrogen (secondary N) is 1. The first-order valence-corrected chi connectivity index (χ1v) is 6.69. The van der Waals surface area contributed by atoms with Gasteiger partial charge in [-0.1, -0.05) is 0 Å². The second kappa shape index (κ2) is 5.68. The number of rotatable bonds is 6. The molecule has 17 heavy (non-hydrogen) atoms. The van der Waals surface area contributed by atoms with Crippen molar-refractivity contribution in [2.75, 3.05) is 20.8 Å². The van der Waals surface area contributed by atoms with Gasteiger partial charge in [-0.05, 0) is 54.0 Å². The van der Waals surface area contributed by atoms with Crippen molar-refractivity contribution in [3.63, 3.8) is 0 Å². The van der Waals surface area contributed by atoms with Crippen LogP contribution in [0.2, 0.25) is 0 Å². The molecule has 0 aromatic heterocycles. The molecule has 1 aliphatic rings. The zero-order valence-electron chi connectivity index (χ0n) is 12.3. The minimum Gasteiger partial charge on any atom is -0.385 e. The summed E-state index contributed by atoms with van der Waals surface area (Å²) in [6, 6.07) is 0.516. The molecule has 0 bridgehead atoms. The molecule has 0 saturated carbocycles. The maximum absolute atomic E-state index is 6.17. The van der Waals surface area contributed by atoms with E-state index in [0.717, 1.165) is 25.9 Å². The molecule has 102 valence electrons. The molecule has 2 unspecified atom stereocenters. The number of methoxy groups -OCH3 is 1. The molecule has 1 saturated heterocycles. The Kier molecular flexibility index (Phi) is 4.99.